The molecular weight excluding hydrogens is 595 g/mol. The third kappa shape index (κ3) is 7.42. The van der Waals surface area contributed by atoms with Crippen molar-refractivity contribution < 1.29 is 9.53 Å². The average molecular weight is 625 g/mol. The van der Waals surface area contributed by atoms with Crippen LogP contribution in [0.25, 0.3) is 0 Å². The number of allylic oxidation sites excluding steroid dienone is 2. The molecule has 3 rings (SSSR count). The van der Waals surface area contributed by atoms with Gasteiger partial charge in [-0.3, -0.25) is 4.65 Å². The number of halogens is 2. The highest BCUT2D eigenvalue weighted by molar-refractivity contribution is 14.1. The summed E-state index contributed by atoms with van der Waals surface area (Å²) in [4.78, 5) is 15.3. The Morgan fingerprint density at radius 3 is 3.00 bits per heavy atom. The number of unbranched alkanes of at least 4 members (excludes halogenated alkanes) is 1. The lowest BCUT2D eigenvalue weighted by Crippen LogP contribution is -2.50. The van der Waals surface area contributed by atoms with Crippen molar-refractivity contribution in [3.8, 4) is 0 Å². The smallest absolute Gasteiger partial charge is 0.352 e. The number of quaternary nitrogens is 1. The molecule has 7 nitrogen and oxygen atoms in total. The number of thiophene rings is 1. The highest BCUT2D eigenvalue weighted by Gasteiger charge is 2.46. The summed E-state index contributed by atoms with van der Waals surface area (Å²) in [5, 5.41) is 25.8. The van der Waals surface area contributed by atoms with Gasteiger partial charge in [0, 0.05) is 27.3 Å². The molecule has 0 N–H and O–H groups in total. The number of rotatable bonds is 12. The maximum absolute atomic E-state index is 14.1. The van der Waals surface area contributed by atoms with Crippen LogP contribution in [0.1, 0.15) is 60.6 Å². The van der Waals surface area contributed by atoms with E-state index < -0.39 is 16.8 Å². The van der Waals surface area contributed by atoms with Crippen LogP contribution in [-0.4, -0.2) is 52.4 Å². The van der Waals surface area contributed by atoms with E-state index in [0.29, 0.717) is 16.6 Å². The van der Waals surface area contributed by atoms with Gasteiger partial charge in [0.25, 0.3) is 6.23 Å². The second kappa shape index (κ2) is 12.9. The summed E-state index contributed by atoms with van der Waals surface area (Å²) in [5.74, 6) is -0.462. The molecule has 11 heteroatoms. The minimum absolute atomic E-state index is 0.141. The average Bonchev–Trinajstić information content (AvgIpc) is 3.51. The monoisotopic (exact) mass is 624 g/mol. The van der Waals surface area contributed by atoms with E-state index in [4.69, 9.17) is 16.3 Å². The Morgan fingerprint density at radius 2 is 2.30 bits per heavy atom. The van der Waals surface area contributed by atoms with Crippen LogP contribution < -0.4 is 4.65 Å². The Kier molecular flexibility index (Phi) is 10.5. The van der Waals surface area contributed by atoms with E-state index in [9.17, 15) is 10.0 Å². The summed E-state index contributed by atoms with van der Waals surface area (Å²) in [7, 11) is 0. The maximum Gasteiger partial charge on any atom is 0.352 e. The maximum atomic E-state index is 14.1. The SMILES string of the molecule is CC=CCCCc1nnc([N+]2([O-])CN(CCCC(Cl)CC)CC2OC(=O)c2cc(I)cs2)s1. The minimum atomic E-state index is -0.876. The first-order valence-electron chi connectivity index (χ1n) is 11.2. The van der Waals surface area contributed by atoms with Crippen LogP contribution in [0.5, 0.6) is 0 Å². The molecule has 0 amide bonds. The Morgan fingerprint density at radius 1 is 1.48 bits per heavy atom. The second-order valence-corrected chi connectivity index (χ2v) is 11.9. The molecule has 3 heterocycles. The molecule has 1 saturated heterocycles. The number of hydrogen-bond donors (Lipinski definition) is 0. The quantitative estimate of drug-likeness (QED) is 0.0535. The summed E-state index contributed by atoms with van der Waals surface area (Å²) in [6.07, 6.45) is 8.67. The molecule has 0 radical (unpaired) electrons. The number of aromatic nitrogens is 2. The van der Waals surface area contributed by atoms with Crippen molar-refractivity contribution in [1.82, 2.24) is 19.7 Å². The van der Waals surface area contributed by atoms with Gasteiger partial charge < -0.3 is 9.94 Å². The van der Waals surface area contributed by atoms with Crippen LogP contribution >= 0.6 is 56.9 Å². The molecule has 2 aromatic heterocycles. The van der Waals surface area contributed by atoms with Gasteiger partial charge in [0.1, 0.15) is 16.6 Å². The standard InChI is InChI=1S/C22H30ClIN4O3S2/c1-3-5-6-7-10-19-25-26-22(33-19)28(30)15-27(11-8-9-16(23)4-2)13-20(28)31-21(29)18-12-17(24)14-32-18/h3,5,12,14,16,20H,4,6-11,13,15H2,1-2H3. The van der Waals surface area contributed by atoms with Gasteiger partial charge in [-0.2, -0.15) is 0 Å². The Balaban J connectivity index is 1.72. The largest absolute Gasteiger partial charge is 0.622 e. The molecule has 0 aromatic carbocycles. The molecule has 2 aromatic rings. The van der Waals surface area contributed by atoms with Gasteiger partial charge in [-0.15, -0.1) is 28.0 Å². The summed E-state index contributed by atoms with van der Waals surface area (Å²) < 4.78 is 5.94. The van der Waals surface area contributed by atoms with Gasteiger partial charge in [0.05, 0.1) is 6.54 Å². The van der Waals surface area contributed by atoms with Crippen molar-refractivity contribution in [3.63, 3.8) is 0 Å². The van der Waals surface area contributed by atoms with E-state index in [0.717, 1.165) is 53.6 Å². The summed E-state index contributed by atoms with van der Waals surface area (Å²) >= 11 is 11.1. The first-order valence-corrected chi connectivity index (χ1v) is 14.4. The second-order valence-electron chi connectivity index (χ2n) is 8.09. The summed E-state index contributed by atoms with van der Waals surface area (Å²) in [6.45, 7) is 5.35. The van der Waals surface area contributed by atoms with Gasteiger partial charge in [-0.1, -0.05) is 24.2 Å². The molecule has 0 bridgehead atoms. The molecule has 0 spiro atoms. The molecule has 0 saturated carbocycles. The fraction of sp³-hybridized carbons (Fsp3) is 0.591. The predicted octanol–water partition coefficient (Wildman–Crippen LogP) is 6.16. The van der Waals surface area contributed by atoms with E-state index in [1.165, 1.54) is 22.7 Å². The number of carbonyl (C=O) groups excluding carboxylic acids is 1. The number of hydrogen-bond acceptors (Lipinski definition) is 8. The van der Waals surface area contributed by atoms with E-state index in [2.05, 4.69) is 50.7 Å². The fourth-order valence-electron chi connectivity index (χ4n) is 3.65. The van der Waals surface area contributed by atoms with Crippen LogP contribution in [0.15, 0.2) is 23.6 Å². The zero-order valence-corrected chi connectivity index (χ0v) is 23.5. The number of aryl methyl sites for hydroxylation is 1. The summed E-state index contributed by atoms with van der Waals surface area (Å²) in [6, 6.07) is 1.78. The number of carbonyl (C=O) groups is 1. The Labute approximate surface area is 222 Å². The van der Waals surface area contributed by atoms with Crippen LogP contribution in [-0.2, 0) is 11.2 Å². The van der Waals surface area contributed by atoms with E-state index in [1.807, 2.05) is 18.4 Å². The first kappa shape index (κ1) is 27.0. The van der Waals surface area contributed by atoms with E-state index in [1.54, 1.807) is 6.07 Å². The van der Waals surface area contributed by atoms with E-state index >= 15 is 0 Å². The lowest BCUT2D eigenvalue weighted by Gasteiger charge is -2.38. The van der Waals surface area contributed by atoms with E-state index in [-0.39, 0.29) is 12.0 Å². The molecule has 1 fully saturated rings. The van der Waals surface area contributed by atoms with Crippen LogP contribution in [0.3, 0.4) is 0 Å². The van der Waals surface area contributed by atoms with Gasteiger partial charge in [-0.25, -0.2) is 9.69 Å². The molecule has 0 aliphatic carbocycles. The highest BCUT2D eigenvalue weighted by Crippen LogP contribution is 2.35. The fourth-order valence-corrected chi connectivity index (χ4v) is 6.30. The molecular formula is C22H30ClIN4O3S2. The molecule has 33 heavy (non-hydrogen) atoms. The van der Waals surface area contributed by atoms with Crippen molar-refractivity contribution in [2.45, 2.75) is 64.0 Å². The van der Waals surface area contributed by atoms with Gasteiger partial charge >= 0.3 is 11.1 Å². The summed E-state index contributed by atoms with van der Waals surface area (Å²) in [5.41, 5.74) is 0. The van der Waals surface area contributed by atoms with Gasteiger partial charge in [0.2, 0.25) is 0 Å². The normalized spacial score (nSPS) is 22.3. The molecule has 182 valence electrons. The third-order valence-electron chi connectivity index (χ3n) is 5.51. The van der Waals surface area contributed by atoms with Gasteiger partial charge in [0.15, 0.2) is 0 Å². The van der Waals surface area contributed by atoms with Crippen molar-refractivity contribution in [1.29, 1.82) is 0 Å². The highest BCUT2D eigenvalue weighted by atomic mass is 127. The van der Waals surface area contributed by atoms with Crippen molar-refractivity contribution in [2.75, 3.05) is 19.8 Å². The predicted molar refractivity (Wildman–Crippen MR) is 145 cm³/mol. The van der Waals surface area contributed by atoms with Crippen molar-refractivity contribution in [2.24, 2.45) is 0 Å². The third-order valence-corrected chi connectivity index (χ3v) is 9.09. The molecule has 1 aliphatic heterocycles. The zero-order valence-electron chi connectivity index (χ0n) is 18.9. The molecule has 1 aliphatic rings. The number of nitrogens with zero attached hydrogens (tertiary/aromatic N) is 4. The van der Waals surface area contributed by atoms with Crippen LogP contribution in [0.2, 0.25) is 0 Å². The van der Waals surface area contributed by atoms with Crippen LogP contribution in [0.4, 0.5) is 5.13 Å². The lowest BCUT2D eigenvalue weighted by molar-refractivity contribution is 0.00603. The minimum Gasteiger partial charge on any atom is -0.622 e. The first-order chi connectivity index (χ1) is 15.9. The van der Waals surface area contributed by atoms with Crippen molar-refractivity contribution >= 4 is 68.0 Å². The molecule has 3 atom stereocenters. The van der Waals surface area contributed by atoms with Crippen molar-refractivity contribution in [3.05, 3.63) is 42.3 Å². The lowest BCUT2D eigenvalue weighted by atomic mass is 10.2. The zero-order chi connectivity index (χ0) is 23.8. The topological polar surface area (TPSA) is 78.4 Å². The number of ether oxygens (including phenoxy) is 1. The molecule has 3 unspecified atom stereocenters. The van der Waals surface area contributed by atoms with Crippen LogP contribution in [0, 0.1) is 8.78 Å². The number of esters is 1. The van der Waals surface area contributed by atoms with Gasteiger partial charge in [-0.05, 0) is 79.0 Å². The Hall–Kier alpha value is -0.630. The number of alkyl halides is 1. The number of hydroxylamine groups is 2. The Bertz CT molecular complexity index is 940.